The van der Waals surface area contributed by atoms with E-state index < -0.39 is 0 Å². The summed E-state index contributed by atoms with van der Waals surface area (Å²) in [6.07, 6.45) is 12.9. The predicted octanol–water partition coefficient (Wildman–Crippen LogP) is 3.69. The van der Waals surface area contributed by atoms with Gasteiger partial charge in [-0.05, 0) is 12.8 Å². The highest BCUT2D eigenvalue weighted by Gasteiger charge is 2.01. The molecule has 0 radical (unpaired) electrons. The Labute approximate surface area is 117 Å². The number of anilines is 1. The first-order valence-electron chi connectivity index (χ1n) is 7.62. The van der Waals surface area contributed by atoms with Crippen molar-refractivity contribution >= 4 is 5.95 Å². The Morgan fingerprint density at radius 1 is 1.16 bits per heavy atom. The molecule has 4 heteroatoms. The van der Waals surface area contributed by atoms with Crippen LogP contribution < -0.4 is 5.32 Å². The Morgan fingerprint density at radius 3 is 2.74 bits per heavy atom. The lowest BCUT2D eigenvalue weighted by molar-refractivity contribution is 0.190. The maximum absolute atomic E-state index is 5.07. The van der Waals surface area contributed by atoms with Crippen LogP contribution in [0.5, 0.6) is 0 Å². The van der Waals surface area contributed by atoms with Crippen LogP contribution in [0.1, 0.15) is 51.9 Å². The molecule has 1 aromatic rings. The average Bonchev–Trinajstić information content (AvgIpc) is 2.86. The summed E-state index contributed by atoms with van der Waals surface area (Å²) >= 11 is 0. The molecule has 0 spiro atoms. The van der Waals surface area contributed by atoms with Crippen LogP contribution in [0.15, 0.2) is 12.4 Å². The third kappa shape index (κ3) is 7.21. The molecule has 1 heterocycles. The Balaban J connectivity index is 2.10. The summed E-state index contributed by atoms with van der Waals surface area (Å²) < 4.78 is 7.23. The van der Waals surface area contributed by atoms with Crippen LogP contribution in [-0.4, -0.2) is 29.8 Å². The Bertz CT molecular complexity index is 312. The van der Waals surface area contributed by atoms with Crippen molar-refractivity contribution in [2.45, 2.75) is 58.4 Å². The standard InChI is InChI=1S/C15H29N3O/c1-3-4-5-6-7-8-10-16-15-17-11-13-18(15)12-9-14-19-2/h11,13H,3-10,12,14H2,1-2H3,(H,16,17). The molecule has 1 aromatic heterocycles. The predicted molar refractivity (Wildman–Crippen MR) is 80.6 cm³/mol. The highest BCUT2D eigenvalue weighted by Crippen LogP contribution is 2.08. The molecule has 0 saturated heterocycles. The number of hydrogen-bond acceptors (Lipinski definition) is 3. The number of unbranched alkanes of at least 4 members (excludes halogenated alkanes) is 5. The number of methoxy groups -OCH3 is 1. The fourth-order valence-electron chi connectivity index (χ4n) is 2.14. The molecule has 0 bridgehead atoms. The molecule has 0 atom stereocenters. The van der Waals surface area contributed by atoms with E-state index in [0.717, 1.165) is 32.1 Å². The largest absolute Gasteiger partial charge is 0.385 e. The lowest BCUT2D eigenvalue weighted by Gasteiger charge is -2.09. The van der Waals surface area contributed by atoms with Crippen LogP contribution in [0.4, 0.5) is 5.95 Å². The summed E-state index contributed by atoms with van der Waals surface area (Å²) in [5, 5.41) is 3.42. The van der Waals surface area contributed by atoms with Crippen LogP contribution in [0, 0.1) is 0 Å². The van der Waals surface area contributed by atoms with Gasteiger partial charge in [-0.3, -0.25) is 0 Å². The van der Waals surface area contributed by atoms with Gasteiger partial charge in [0.25, 0.3) is 0 Å². The van der Waals surface area contributed by atoms with Crippen LogP contribution in [0.2, 0.25) is 0 Å². The Hall–Kier alpha value is -1.03. The smallest absolute Gasteiger partial charge is 0.202 e. The van der Waals surface area contributed by atoms with Gasteiger partial charge in [0.2, 0.25) is 5.95 Å². The molecule has 0 aromatic carbocycles. The second-order valence-corrected chi connectivity index (χ2v) is 4.99. The van der Waals surface area contributed by atoms with Crippen molar-refractivity contribution in [3.05, 3.63) is 12.4 Å². The Morgan fingerprint density at radius 2 is 1.95 bits per heavy atom. The lowest BCUT2D eigenvalue weighted by atomic mass is 10.1. The van der Waals surface area contributed by atoms with E-state index >= 15 is 0 Å². The summed E-state index contributed by atoms with van der Waals surface area (Å²) in [7, 11) is 1.74. The molecule has 0 aliphatic carbocycles. The highest BCUT2D eigenvalue weighted by atomic mass is 16.5. The van der Waals surface area contributed by atoms with Crippen molar-refractivity contribution < 1.29 is 4.74 Å². The summed E-state index contributed by atoms with van der Waals surface area (Å²) in [6.45, 7) is 5.04. The first-order chi connectivity index (χ1) is 9.38. The van der Waals surface area contributed by atoms with Crippen molar-refractivity contribution in [3.63, 3.8) is 0 Å². The number of hydrogen-bond donors (Lipinski definition) is 1. The van der Waals surface area contributed by atoms with Crippen LogP contribution in [0.3, 0.4) is 0 Å². The van der Waals surface area contributed by atoms with E-state index in [2.05, 4.69) is 21.8 Å². The van der Waals surface area contributed by atoms with Crippen molar-refractivity contribution in [1.29, 1.82) is 0 Å². The third-order valence-corrected chi connectivity index (χ3v) is 3.28. The zero-order chi connectivity index (χ0) is 13.8. The topological polar surface area (TPSA) is 39.1 Å². The van der Waals surface area contributed by atoms with Gasteiger partial charge in [0.1, 0.15) is 0 Å². The van der Waals surface area contributed by atoms with Crippen LogP contribution >= 0.6 is 0 Å². The third-order valence-electron chi connectivity index (χ3n) is 3.28. The van der Waals surface area contributed by atoms with E-state index in [0.29, 0.717) is 0 Å². The monoisotopic (exact) mass is 267 g/mol. The van der Waals surface area contributed by atoms with E-state index in [-0.39, 0.29) is 0 Å². The van der Waals surface area contributed by atoms with Crippen LogP contribution in [-0.2, 0) is 11.3 Å². The van der Waals surface area contributed by atoms with Crippen molar-refractivity contribution in [1.82, 2.24) is 9.55 Å². The van der Waals surface area contributed by atoms with Gasteiger partial charge in [-0.2, -0.15) is 0 Å². The molecular formula is C15H29N3O. The number of rotatable bonds is 12. The van der Waals surface area contributed by atoms with Gasteiger partial charge in [-0.1, -0.05) is 39.0 Å². The second kappa shape index (κ2) is 10.9. The van der Waals surface area contributed by atoms with Gasteiger partial charge in [-0.25, -0.2) is 4.98 Å². The van der Waals surface area contributed by atoms with Crippen molar-refractivity contribution in [2.24, 2.45) is 0 Å². The molecule has 110 valence electrons. The summed E-state index contributed by atoms with van der Waals surface area (Å²) in [6, 6.07) is 0. The minimum Gasteiger partial charge on any atom is -0.385 e. The Kier molecular flexibility index (Phi) is 9.15. The van der Waals surface area contributed by atoms with Gasteiger partial charge in [0.05, 0.1) is 0 Å². The minimum atomic E-state index is 0.801. The molecule has 0 aliphatic rings. The molecule has 0 fully saturated rings. The fraction of sp³-hybridized carbons (Fsp3) is 0.800. The van der Waals surface area contributed by atoms with E-state index in [9.17, 15) is 0 Å². The van der Waals surface area contributed by atoms with Crippen molar-refractivity contribution in [3.8, 4) is 0 Å². The fourth-order valence-corrected chi connectivity index (χ4v) is 2.14. The first kappa shape index (κ1) is 16.0. The van der Waals surface area contributed by atoms with Crippen molar-refractivity contribution in [2.75, 3.05) is 25.6 Å². The van der Waals surface area contributed by atoms with Crippen LogP contribution in [0.25, 0.3) is 0 Å². The second-order valence-electron chi connectivity index (χ2n) is 4.99. The quantitative estimate of drug-likeness (QED) is 0.587. The van der Waals surface area contributed by atoms with Gasteiger partial charge in [0.15, 0.2) is 0 Å². The number of ether oxygens (including phenoxy) is 1. The lowest BCUT2D eigenvalue weighted by Crippen LogP contribution is -2.09. The number of aromatic nitrogens is 2. The molecule has 0 unspecified atom stereocenters. The molecule has 19 heavy (non-hydrogen) atoms. The SMILES string of the molecule is CCCCCCCCNc1nccn1CCCOC. The van der Waals surface area contributed by atoms with Gasteiger partial charge in [0, 0.05) is 39.2 Å². The normalized spacial score (nSPS) is 10.8. The number of nitrogens with one attached hydrogen (secondary N) is 1. The zero-order valence-corrected chi connectivity index (χ0v) is 12.5. The van der Waals surface area contributed by atoms with E-state index in [4.69, 9.17) is 4.74 Å². The average molecular weight is 267 g/mol. The molecule has 0 saturated carbocycles. The van der Waals surface area contributed by atoms with E-state index in [1.807, 2.05) is 12.4 Å². The zero-order valence-electron chi connectivity index (χ0n) is 12.5. The molecule has 1 rings (SSSR count). The molecule has 0 aliphatic heterocycles. The van der Waals surface area contributed by atoms with E-state index in [1.54, 1.807) is 7.11 Å². The molecule has 4 nitrogen and oxygen atoms in total. The molecular weight excluding hydrogens is 238 g/mol. The maximum Gasteiger partial charge on any atom is 0.202 e. The number of aryl methyl sites for hydroxylation is 1. The van der Waals surface area contributed by atoms with E-state index in [1.165, 1.54) is 38.5 Å². The molecule has 1 N–H and O–H groups in total. The summed E-state index contributed by atoms with van der Waals surface area (Å²) in [4.78, 5) is 4.35. The van der Waals surface area contributed by atoms with Gasteiger partial charge >= 0.3 is 0 Å². The maximum atomic E-state index is 5.07. The highest BCUT2D eigenvalue weighted by molar-refractivity contribution is 5.25. The summed E-state index contributed by atoms with van der Waals surface area (Å²) in [5.74, 6) is 0.990. The minimum absolute atomic E-state index is 0.801. The number of imidazole rings is 1. The first-order valence-corrected chi connectivity index (χ1v) is 7.62. The molecule has 0 amide bonds. The number of nitrogens with zero attached hydrogens (tertiary/aromatic N) is 2. The van der Waals surface area contributed by atoms with Gasteiger partial charge in [-0.15, -0.1) is 0 Å². The van der Waals surface area contributed by atoms with Gasteiger partial charge < -0.3 is 14.6 Å². The summed E-state index contributed by atoms with van der Waals surface area (Å²) in [5.41, 5.74) is 0.